The average molecular weight is 468 g/mol. The van der Waals surface area contributed by atoms with Gasteiger partial charge in [0.05, 0.1) is 4.90 Å². The summed E-state index contributed by atoms with van der Waals surface area (Å²) in [6, 6.07) is 9.87. The number of hydroxylamine groups is 1. The molecule has 2 unspecified atom stereocenters. The number of benzene rings is 2. The molecule has 1 saturated heterocycles. The van der Waals surface area contributed by atoms with Crippen molar-refractivity contribution < 1.29 is 37.4 Å². The molecule has 3 N–H and O–H groups in total. The molecule has 1 amide bonds. The number of amides is 1. The van der Waals surface area contributed by atoms with Gasteiger partial charge in [0, 0.05) is 6.61 Å². The van der Waals surface area contributed by atoms with Crippen LogP contribution in [0.5, 0.6) is 5.75 Å². The van der Waals surface area contributed by atoms with Gasteiger partial charge in [0.2, 0.25) is 0 Å². The number of nitrogens with one attached hydrogen (secondary N) is 1. The second kappa shape index (κ2) is 8.78. The van der Waals surface area contributed by atoms with Gasteiger partial charge in [0.15, 0.2) is 15.4 Å². The first-order valence-electron chi connectivity index (χ1n) is 9.96. The van der Waals surface area contributed by atoms with E-state index in [1.807, 2.05) is 6.92 Å². The minimum absolute atomic E-state index is 0.00605. The number of sulfone groups is 1. The predicted octanol–water partition coefficient (Wildman–Crippen LogP) is 2.29. The van der Waals surface area contributed by atoms with E-state index in [1.165, 1.54) is 55.7 Å². The molecule has 0 bridgehead atoms. The molecule has 10 heteroatoms. The third-order valence-corrected chi connectivity index (χ3v) is 8.16. The molecule has 0 aliphatic carbocycles. The van der Waals surface area contributed by atoms with Crippen molar-refractivity contribution in [1.29, 1.82) is 0 Å². The molecule has 1 aliphatic heterocycles. The third-order valence-electron chi connectivity index (χ3n) is 5.91. The lowest BCUT2D eigenvalue weighted by atomic mass is 9.79. The lowest BCUT2D eigenvalue weighted by Gasteiger charge is -2.48. The van der Waals surface area contributed by atoms with Crippen LogP contribution in [0.2, 0.25) is 0 Å². The van der Waals surface area contributed by atoms with Crippen molar-refractivity contribution in [2.75, 3.05) is 6.61 Å². The smallest absolute Gasteiger partial charge is 0.279 e. The summed E-state index contributed by atoms with van der Waals surface area (Å²) >= 11 is 0. The first-order valence-corrected chi connectivity index (χ1v) is 11.5. The second-order valence-corrected chi connectivity index (χ2v) is 10.3. The molecular formula is C22H26FNO7S. The molecule has 1 heterocycles. The first kappa shape index (κ1) is 24.1. The maximum atomic E-state index is 13.4. The van der Waals surface area contributed by atoms with E-state index in [2.05, 4.69) is 0 Å². The minimum Gasteiger partial charge on any atom is -0.489 e. The van der Waals surface area contributed by atoms with Crippen molar-refractivity contribution in [3.8, 4) is 5.75 Å². The molecule has 1 aliphatic rings. The highest BCUT2D eigenvalue weighted by Crippen LogP contribution is 2.41. The molecule has 8 nitrogen and oxygen atoms in total. The van der Waals surface area contributed by atoms with E-state index in [9.17, 15) is 22.7 Å². The third kappa shape index (κ3) is 4.23. The van der Waals surface area contributed by atoms with E-state index in [4.69, 9.17) is 14.7 Å². The van der Waals surface area contributed by atoms with Crippen LogP contribution in [0.15, 0.2) is 47.4 Å². The molecule has 0 saturated carbocycles. The van der Waals surface area contributed by atoms with Crippen LogP contribution in [0, 0.1) is 12.7 Å². The van der Waals surface area contributed by atoms with Gasteiger partial charge >= 0.3 is 0 Å². The van der Waals surface area contributed by atoms with E-state index in [0.29, 0.717) is 11.3 Å². The Kier molecular flexibility index (Phi) is 6.62. The Morgan fingerprint density at radius 1 is 1.25 bits per heavy atom. The number of aliphatic hydroxyl groups is 1. The summed E-state index contributed by atoms with van der Waals surface area (Å²) in [5.74, 6) is -1.28. The Morgan fingerprint density at radius 2 is 1.91 bits per heavy atom. The molecule has 2 aromatic carbocycles. The standard InChI is InChI=1S/C22H26FNO7S/c1-14-4-5-16(23)12-15(14)13-30-17-6-8-18(9-7-17)32(28,29)19-10-11-31-21(2,3)22(19,26)20(25)24-27/h4-9,12,19,26-27H,10-11,13H2,1-3H3,(H,24,25). The predicted molar refractivity (Wildman–Crippen MR) is 112 cm³/mol. The summed E-state index contributed by atoms with van der Waals surface area (Å²) in [4.78, 5) is 12.2. The van der Waals surface area contributed by atoms with Crippen LogP contribution < -0.4 is 10.2 Å². The Labute approximate surface area is 185 Å². The zero-order valence-electron chi connectivity index (χ0n) is 18.0. The minimum atomic E-state index is -4.20. The largest absolute Gasteiger partial charge is 0.489 e. The van der Waals surface area contributed by atoms with Crippen LogP contribution >= 0.6 is 0 Å². The monoisotopic (exact) mass is 467 g/mol. The average Bonchev–Trinajstić information content (AvgIpc) is 2.75. The highest BCUT2D eigenvalue weighted by molar-refractivity contribution is 7.92. The number of aryl methyl sites for hydroxylation is 1. The molecule has 174 valence electrons. The Balaban J connectivity index is 1.85. The van der Waals surface area contributed by atoms with Gasteiger partial charge in [0.25, 0.3) is 5.91 Å². The molecule has 0 radical (unpaired) electrons. The lowest BCUT2D eigenvalue weighted by molar-refractivity contribution is -0.205. The molecule has 0 spiro atoms. The van der Waals surface area contributed by atoms with E-state index in [-0.39, 0.29) is 30.3 Å². The molecular weight excluding hydrogens is 441 g/mol. The molecule has 0 aromatic heterocycles. The fraction of sp³-hybridized carbons (Fsp3) is 0.409. The van der Waals surface area contributed by atoms with Crippen LogP contribution in [-0.4, -0.2) is 47.7 Å². The Morgan fingerprint density at radius 3 is 2.53 bits per heavy atom. The van der Waals surface area contributed by atoms with Crippen molar-refractivity contribution in [2.24, 2.45) is 0 Å². The van der Waals surface area contributed by atoms with Crippen molar-refractivity contribution in [1.82, 2.24) is 5.48 Å². The molecule has 32 heavy (non-hydrogen) atoms. The first-order chi connectivity index (χ1) is 14.9. The van der Waals surface area contributed by atoms with E-state index in [0.717, 1.165) is 5.56 Å². The van der Waals surface area contributed by atoms with Crippen LogP contribution in [0.1, 0.15) is 31.4 Å². The van der Waals surface area contributed by atoms with Crippen molar-refractivity contribution in [2.45, 2.75) is 55.1 Å². The zero-order chi connectivity index (χ0) is 23.7. The number of ether oxygens (including phenoxy) is 2. The normalized spacial score (nSPS) is 22.9. The van der Waals surface area contributed by atoms with Crippen molar-refractivity contribution in [3.63, 3.8) is 0 Å². The summed E-state index contributed by atoms with van der Waals surface area (Å²) in [7, 11) is -4.20. The van der Waals surface area contributed by atoms with Gasteiger partial charge in [-0.25, -0.2) is 18.3 Å². The van der Waals surface area contributed by atoms with Crippen LogP contribution in [0.3, 0.4) is 0 Å². The van der Waals surface area contributed by atoms with Crippen LogP contribution in [-0.2, 0) is 26.0 Å². The fourth-order valence-electron chi connectivity index (χ4n) is 3.86. The number of halogens is 1. The maximum absolute atomic E-state index is 13.4. The Bertz CT molecular complexity index is 1100. The van der Waals surface area contributed by atoms with Crippen LogP contribution in [0.25, 0.3) is 0 Å². The fourth-order valence-corrected chi connectivity index (χ4v) is 5.95. The molecule has 2 atom stereocenters. The van der Waals surface area contributed by atoms with Crippen molar-refractivity contribution in [3.05, 3.63) is 59.4 Å². The Hall–Kier alpha value is -2.53. The maximum Gasteiger partial charge on any atom is 0.279 e. The summed E-state index contributed by atoms with van der Waals surface area (Å²) in [5.41, 5.74) is -1.22. The van der Waals surface area contributed by atoms with Gasteiger partial charge < -0.3 is 14.6 Å². The zero-order valence-corrected chi connectivity index (χ0v) is 18.8. The summed E-state index contributed by atoms with van der Waals surface area (Å²) in [6.07, 6.45) is -0.146. The van der Waals surface area contributed by atoms with Gasteiger partial charge in [-0.05, 0) is 74.7 Å². The van der Waals surface area contributed by atoms with E-state index >= 15 is 0 Å². The molecule has 2 aromatic rings. The molecule has 3 rings (SSSR count). The van der Waals surface area contributed by atoms with Gasteiger partial charge in [-0.2, -0.15) is 0 Å². The SMILES string of the molecule is Cc1ccc(F)cc1COc1ccc(S(=O)(=O)C2CCOC(C)(C)C2(O)C(=O)NO)cc1. The van der Waals surface area contributed by atoms with Gasteiger partial charge in [-0.15, -0.1) is 0 Å². The van der Waals surface area contributed by atoms with Gasteiger partial charge in [0.1, 0.15) is 29.0 Å². The lowest BCUT2D eigenvalue weighted by Crippen LogP contribution is -2.71. The summed E-state index contributed by atoms with van der Waals surface area (Å²) in [5, 5.41) is 18.7. The number of hydrogen-bond donors (Lipinski definition) is 3. The van der Waals surface area contributed by atoms with Gasteiger partial charge in [-0.1, -0.05) is 6.07 Å². The van der Waals surface area contributed by atoms with E-state index < -0.39 is 32.2 Å². The summed E-state index contributed by atoms with van der Waals surface area (Å²) < 4.78 is 51.2. The summed E-state index contributed by atoms with van der Waals surface area (Å²) in [6.45, 7) is 4.70. The van der Waals surface area contributed by atoms with Crippen LogP contribution in [0.4, 0.5) is 4.39 Å². The van der Waals surface area contributed by atoms with Crippen molar-refractivity contribution >= 4 is 15.7 Å². The number of hydrogen-bond acceptors (Lipinski definition) is 7. The highest BCUT2D eigenvalue weighted by Gasteiger charge is 2.62. The topological polar surface area (TPSA) is 122 Å². The number of rotatable bonds is 6. The van der Waals surface area contributed by atoms with Gasteiger partial charge in [-0.3, -0.25) is 10.0 Å². The number of carbonyl (C=O) groups is 1. The van der Waals surface area contributed by atoms with E-state index in [1.54, 1.807) is 6.07 Å². The quantitative estimate of drug-likeness (QED) is 0.440. The number of carbonyl (C=O) groups excluding carboxylic acids is 1. The molecule has 1 fully saturated rings. The second-order valence-electron chi connectivity index (χ2n) is 8.22. The highest BCUT2D eigenvalue weighted by atomic mass is 32.2.